The number of anilines is 1. The van der Waals surface area contributed by atoms with E-state index in [0.29, 0.717) is 37.7 Å². The summed E-state index contributed by atoms with van der Waals surface area (Å²) >= 11 is 6.12. The summed E-state index contributed by atoms with van der Waals surface area (Å²) in [5.41, 5.74) is -4.09. The van der Waals surface area contributed by atoms with Crippen molar-refractivity contribution in [2.24, 2.45) is 5.92 Å². The summed E-state index contributed by atoms with van der Waals surface area (Å²) in [5, 5.41) is 10.7. The van der Waals surface area contributed by atoms with Crippen LogP contribution < -0.4 is 9.64 Å². The number of hydrogen-bond acceptors (Lipinski definition) is 7. The normalized spacial score (nSPS) is 16.1. The first-order valence-corrected chi connectivity index (χ1v) is 12.5. The van der Waals surface area contributed by atoms with E-state index in [1.165, 1.54) is 33.4 Å². The first-order valence-electron chi connectivity index (χ1n) is 12.1. The zero-order valence-corrected chi connectivity index (χ0v) is 22.2. The Hall–Kier alpha value is -3.05. The molecule has 1 aromatic heterocycles. The topological polar surface area (TPSA) is 92.2 Å². The number of aromatic nitrogens is 1. The van der Waals surface area contributed by atoms with Crippen molar-refractivity contribution < 1.29 is 37.3 Å². The number of carbonyl (C=O) groups excluding carboxylic acids is 2. The molecule has 1 saturated heterocycles. The van der Waals surface area contributed by atoms with Crippen LogP contribution in [0.4, 0.5) is 19.0 Å². The third kappa shape index (κ3) is 6.32. The molecule has 2 aromatic rings. The molecule has 0 saturated carbocycles. The van der Waals surface area contributed by atoms with Gasteiger partial charge in [-0.2, -0.15) is 13.2 Å². The second kappa shape index (κ2) is 12.2. The van der Waals surface area contributed by atoms with Gasteiger partial charge in [0.05, 0.1) is 19.8 Å². The van der Waals surface area contributed by atoms with E-state index in [1.807, 2.05) is 0 Å². The van der Waals surface area contributed by atoms with E-state index < -0.39 is 29.2 Å². The van der Waals surface area contributed by atoms with Gasteiger partial charge in [-0.1, -0.05) is 23.7 Å². The fourth-order valence-electron chi connectivity index (χ4n) is 4.57. The molecule has 208 valence electrons. The molecule has 12 heteroatoms. The Morgan fingerprint density at radius 2 is 1.87 bits per heavy atom. The van der Waals surface area contributed by atoms with Crippen LogP contribution in [0.2, 0.25) is 5.15 Å². The third-order valence-corrected chi connectivity index (χ3v) is 7.13. The van der Waals surface area contributed by atoms with Gasteiger partial charge >= 0.3 is 12.1 Å². The van der Waals surface area contributed by atoms with Crippen molar-refractivity contribution in [2.75, 3.05) is 45.8 Å². The molecule has 0 spiro atoms. The highest BCUT2D eigenvalue weighted by molar-refractivity contribution is 6.32. The minimum absolute atomic E-state index is 0.0631. The van der Waals surface area contributed by atoms with Crippen LogP contribution in [0.15, 0.2) is 36.4 Å². The molecule has 0 bridgehead atoms. The number of piperidine rings is 1. The number of rotatable bonds is 9. The molecule has 0 unspecified atom stereocenters. The van der Waals surface area contributed by atoms with E-state index in [2.05, 4.69) is 14.6 Å². The standard InChI is InChI=1S/C26H31ClF3N3O5/c1-32(24(35)25(36,26(28,29)30)18-7-4-8-19(16-18)37-2)13-5-6-17-11-14-33(15-12-17)21-10-9-20(22(27)31-21)23(34)38-3/h4,7-10,16-17,36H,5-6,11-15H2,1-3H3/t25-/m1/s1. The summed E-state index contributed by atoms with van der Waals surface area (Å²) < 4.78 is 51.5. The van der Waals surface area contributed by atoms with Crippen molar-refractivity contribution in [2.45, 2.75) is 37.5 Å². The number of hydrogen-bond donors (Lipinski definition) is 1. The molecule has 3 rings (SSSR count). The first kappa shape index (κ1) is 29.5. The van der Waals surface area contributed by atoms with Gasteiger partial charge in [0.2, 0.25) is 0 Å². The van der Waals surface area contributed by atoms with E-state index in [-0.39, 0.29) is 23.0 Å². The third-order valence-electron chi connectivity index (χ3n) is 6.84. The molecule has 38 heavy (non-hydrogen) atoms. The van der Waals surface area contributed by atoms with Crippen molar-refractivity contribution in [3.8, 4) is 5.75 Å². The van der Waals surface area contributed by atoms with Gasteiger partial charge in [0, 0.05) is 32.2 Å². The fraction of sp³-hybridized carbons (Fsp3) is 0.500. The molecular formula is C26H31ClF3N3O5. The number of likely N-dealkylation sites (N-methyl/N-ethyl adjacent to an activating group) is 1. The molecule has 0 aliphatic carbocycles. The SMILES string of the molecule is COC(=O)c1ccc(N2CCC(CCCN(C)C(=O)[C@](O)(c3cccc(OC)c3)C(F)(F)F)CC2)nc1Cl. The Morgan fingerprint density at radius 3 is 2.45 bits per heavy atom. The quantitative estimate of drug-likeness (QED) is 0.360. The molecule has 8 nitrogen and oxygen atoms in total. The minimum Gasteiger partial charge on any atom is -0.497 e. The van der Waals surface area contributed by atoms with Gasteiger partial charge in [-0.15, -0.1) is 0 Å². The minimum atomic E-state index is -5.22. The first-order chi connectivity index (χ1) is 17.9. The summed E-state index contributed by atoms with van der Waals surface area (Å²) in [4.78, 5) is 31.8. The number of nitrogens with zero attached hydrogens (tertiary/aromatic N) is 3. The number of ether oxygens (including phenoxy) is 2. The van der Waals surface area contributed by atoms with Crippen molar-refractivity contribution in [1.29, 1.82) is 0 Å². The Labute approximate surface area is 224 Å². The van der Waals surface area contributed by atoms with Gasteiger partial charge in [0.1, 0.15) is 16.7 Å². The number of benzene rings is 1. The number of esters is 1. The maximum Gasteiger partial charge on any atom is 0.430 e. The largest absolute Gasteiger partial charge is 0.497 e. The van der Waals surface area contributed by atoms with Gasteiger partial charge in [-0.25, -0.2) is 9.78 Å². The zero-order chi connectivity index (χ0) is 28.1. The zero-order valence-electron chi connectivity index (χ0n) is 21.4. The van der Waals surface area contributed by atoms with E-state index >= 15 is 0 Å². The molecule has 1 N–H and O–H groups in total. The summed E-state index contributed by atoms with van der Waals surface area (Å²) in [5.74, 6) is -0.932. The Morgan fingerprint density at radius 1 is 1.18 bits per heavy atom. The number of halogens is 4. The van der Waals surface area contributed by atoms with Crippen LogP contribution in [0.25, 0.3) is 0 Å². The average Bonchev–Trinajstić information content (AvgIpc) is 2.91. The molecular weight excluding hydrogens is 527 g/mol. The van der Waals surface area contributed by atoms with Crippen LogP contribution in [-0.4, -0.2) is 73.9 Å². The van der Waals surface area contributed by atoms with Crippen molar-refractivity contribution >= 4 is 29.3 Å². The van der Waals surface area contributed by atoms with E-state index in [4.69, 9.17) is 16.3 Å². The molecule has 1 atom stereocenters. The van der Waals surface area contributed by atoms with Crippen LogP contribution >= 0.6 is 11.6 Å². The fourth-order valence-corrected chi connectivity index (χ4v) is 4.79. The lowest BCUT2D eigenvalue weighted by molar-refractivity contribution is -0.261. The second-order valence-corrected chi connectivity index (χ2v) is 9.60. The van der Waals surface area contributed by atoms with Gasteiger partial charge in [-0.3, -0.25) is 4.79 Å². The Balaban J connectivity index is 1.55. The Bertz CT molecular complexity index is 1140. The maximum absolute atomic E-state index is 14.0. The number of methoxy groups -OCH3 is 2. The van der Waals surface area contributed by atoms with Crippen LogP contribution in [0.3, 0.4) is 0 Å². The van der Waals surface area contributed by atoms with E-state index in [9.17, 15) is 27.9 Å². The van der Waals surface area contributed by atoms with Crippen LogP contribution in [-0.2, 0) is 15.1 Å². The average molecular weight is 558 g/mol. The van der Waals surface area contributed by atoms with Crippen molar-refractivity contribution in [3.63, 3.8) is 0 Å². The lowest BCUT2D eigenvalue weighted by Crippen LogP contribution is -2.55. The van der Waals surface area contributed by atoms with Crippen LogP contribution in [0, 0.1) is 5.92 Å². The lowest BCUT2D eigenvalue weighted by atomic mass is 9.90. The lowest BCUT2D eigenvalue weighted by Gasteiger charge is -2.34. The molecule has 1 amide bonds. The van der Waals surface area contributed by atoms with Gasteiger partial charge in [-0.05, 0) is 55.9 Å². The number of carbonyl (C=O) groups is 2. The van der Waals surface area contributed by atoms with E-state index in [0.717, 1.165) is 29.9 Å². The van der Waals surface area contributed by atoms with E-state index in [1.54, 1.807) is 12.1 Å². The van der Waals surface area contributed by atoms with Gasteiger partial charge < -0.3 is 24.4 Å². The maximum atomic E-state index is 14.0. The van der Waals surface area contributed by atoms with Crippen LogP contribution in [0.5, 0.6) is 5.75 Å². The number of aliphatic hydroxyl groups is 1. The molecule has 0 radical (unpaired) electrons. The number of alkyl halides is 3. The van der Waals surface area contributed by atoms with Crippen molar-refractivity contribution in [3.05, 3.63) is 52.7 Å². The van der Waals surface area contributed by atoms with Gasteiger partial charge in [0.15, 0.2) is 0 Å². The molecule has 2 heterocycles. The summed E-state index contributed by atoms with van der Waals surface area (Å²) in [6.07, 6.45) is -2.37. The van der Waals surface area contributed by atoms with Crippen LogP contribution in [0.1, 0.15) is 41.6 Å². The molecule has 1 aromatic carbocycles. The predicted octanol–water partition coefficient (Wildman–Crippen LogP) is 4.44. The van der Waals surface area contributed by atoms with Crippen molar-refractivity contribution in [1.82, 2.24) is 9.88 Å². The second-order valence-electron chi connectivity index (χ2n) is 9.24. The summed E-state index contributed by atoms with van der Waals surface area (Å²) in [7, 11) is 3.81. The Kier molecular flexibility index (Phi) is 9.48. The number of amides is 1. The smallest absolute Gasteiger partial charge is 0.430 e. The molecule has 1 aliphatic heterocycles. The number of pyridine rings is 1. The summed E-state index contributed by atoms with van der Waals surface area (Å²) in [6, 6.07) is 8.08. The van der Waals surface area contributed by atoms with Gasteiger partial charge in [0.25, 0.3) is 11.5 Å². The highest BCUT2D eigenvalue weighted by Gasteiger charge is 2.61. The highest BCUT2D eigenvalue weighted by Crippen LogP contribution is 2.41. The summed E-state index contributed by atoms with van der Waals surface area (Å²) in [6.45, 7) is 1.46. The predicted molar refractivity (Wildman–Crippen MR) is 135 cm³/mol. The monoisotopic (exact) mass is 557 g/mol. The molecule has 1 aliphatic rings. The highest BCUT2D eigenvalue weighted by atomic mass is 35.5. The molecule has 1 fully saturated rings.